The van der Waals surface area contributed by atoms with E-state index in [2.05, 4.69) is 6.07 Å². The van der Waals surface area contributed by atoms with Crippen molar-refractivity contribution in [1.82, 2.24) is 0 Å². The van der Waals surface area contributed by atoms with Gasteiger partial charge in [0.05, 0.1) is 5.92 Å². The Kier molecular flexibility index (Phi) is 3.90. The van der Waals surface area contributed by atoms with Crippen LogP contribution in [0.15, 0.2) is 69.9 Å². The van der Waals surface area contributed by atoms with Crippen LogP contribution in [-0.2, 0) is 9.53 Å². The summed E-state index contributed by atoms with van der Waals surface area (Å²) in [5.74, 6) is 0.416. The number of carbonyl (C=O) groups excluding carboxylic acids is 1. The van der Waals surface area contributed by atoms with Crippen LogP contribution in [-0.4, -0.2) is 5.78 Å². The second-order valence-electron chi connectivity index (χ2n) is 6.26. The highest BCUT2D eigenvalue weighted by Crippen LogP contribution is 2.46. The van der Waals surface area contributed by atoms with Crippen LogP contribution in [0.5, 0.6) is 0 Å². The largest absolute Gasteiger partial charge is 0.444 e. The molecule has 2 atom stereocenters. The molecule has 2 N–H and O–H groups in total. The molecule has 1 aromatic carbocycles. The van der Waals surface area contributed by atoms with Crippen molar-refractivity contribution in [3.63, 3.8) is 0 Å². The zero-order chi connectivity index (χ0) is 17.4. The smallest absolute Gasteiger partial charge is 0.205 e. The SMILES string of the molecule is N#CC1=C(N)OC2=C(C(=O)CC(c3ccccc3)C2)C1c1ccsc1. The second-order valence-corrected chi connectivity index (χ2v) is 7.04. The Morgan fingerprint density at radius 3 is 2.64 bits per heavy atom. The van der Waals surface area contributed by atoms with Crippen LogP contribution in [0.25, 0.3) is 0 Å². The van der Waals surface area contributed by atoms with E-state index in [9.17, 15) is 10.1 Å². The molecule has 4 nitrogen and oxygen atoms in total. The van der Waals surface area contributed by atoms with Crippen molar-refractivity contribution in [2.24, 2.45) is 5.73 Å². The summed E-state index contributed by atoms with van der Waals surface area (Å²) in [6.07, 6.45) is 1.04. The first-order valence-corrected chi connectivity index (χ1v) is 9.04. The molecule has 0 radical (unpaired) electrons. The molecule has 0 saturated heterocycles. The van der Waals surface area contributed by atoms with E-state index in [4.69, 9.17) is 10.5 Å². The Morgan fingerprint density at radius 1 is 1.16 bits per heavy atom. The van der Waals surface area contributed by atoms with Crippen molar-refractivity contribution in [3.8, 4) is 6.07 Å². The average molecular weight is 348 g/mol. The number of carbonyl (C=O) groups is 1. The van der Waals surface area contributed by atoms with Crippen molar-refractivity contribution in [2.45, 2.75) is 24.7 Å². The third-order valence-electron chi connectivity index (χ3n) is 4.81. The van der Waals surface area contributed by atoms with Gasteiger partial charge in [0.25, 0.3) is 0 Å². The lowest BCUT2D eigenvalue weighted by atomic mass is 9.74. The van der Waals surface area contributed by atoms with Gasteiger partial charge in [-0.3, -0.25) is 4.79 Å². The monoisotopic (exact) mass is 348 g/mol. The molecule has 0 spiro atoms. The van der Waals surface area contributed by atoms with E-state index in [1.165, 1.54) is 11.3 Å². The maximum atomic E-state index is 13.0. The molecule has 2 unspecified atom stereocenters. The van der Waals surface area contributed by atoms with Crippen LogP contribution in [0.3, 0.4) is 0 Å². The van der Waals surface area contributed by atoms with Gasteiger partial charge >= 0.3 is 0 Å². The first-order valence-electron chi connectivity index (χ1n) is 8.10. The van der Waals surface area contributed by atoms with Crippen molar-refractivity contribution >= 4 is 17.1 Å². The van der Waals surface area contributed by atoms with Crippen molar-refractivity contribution in [1.29, 1.82) is 5.26 Å². The number of allylic oxidation sites excluding steroid dienone is 3. The summed E-state index contributed by atoms with van der Waals surface area (Å²) < 4.78 is 5.74. The predicted molar refractivity (Wildman–Crippen MR) is 95.4 cm³/mol. The summed E-state index contributed by atoms with van der Waals surface area (Å²) in [5.41, 5.74) is 8.97. The molecule has 2 aliphatic rings. The number of hydrogen-bond acceptors (Lipinski definition) is 5. The summed E-state index contributed by atoms with van der Waals surface area (Å²) in [7, 11) is 0. The van der Waals surface area contributed by atoms with Gasteiger partial charge in [-0.1, -0.05) is 30.3 Å². The first-order chi connectivity index (χ1) is 12.2. The van der Waals surface area contributed by atoms with Gasteiger partial charge in [-0.2, -0.15) is 16.6 Å². The normalized spacial score (nSPS) is 23.1. The molecule has 0 bridgehead atoms. The van der Waals surface area contributed by atoms with E-state index in [0.717, 1.165) is 11.1 Å². The Morgan fingerprint density at radius 2 is 1.96 bits per heavy atom. The van der Waals surface area contributed by atoms with E-state index >= 15 is 0 Å². The lowest BCUT2D eigenvalue weighted by Crippen LogP contribution is -2.29. The van der Waals surface area contributed by atoms with Gasteiger partial charge in [0.1, 0.15) is 17.4 Å². The Bertz CT molecular complexity index is 920. The molecule has 0 saturated carbocycles. The molecule has 1 aromatic heterocycles. The van der Waals surface area contributed by atoms with Gasteiger partial charge in [-0.25, -0.2) is 0 Å². The lowest BCUT2D eigenvalue weighted by molar-refractivity contribution is -0.117. The molecule has 0 fully saturated rings. The van der Waals surface area contributed by atoms with Crippen LogP contribution >= 0.6 is 11.3 Å². The first kappa shape index (κ1) is 15.7. The molecule has 0 amide bonds. The molecule has 4 rings (SSSR count). The summed E-state index contributed by atoms with van der Waals surface area (Å²) in [6.45, 7) is 0. The fraction of sp³-hybridized carbons (Fsp3) is 0.200. The topological polar surface area (TPSA) is 76.1 Å². The third-order valence-corrected chi connectivity index (χ3v) is 5.51. The van der Waals surface area contributed by atoms with E-state index in [-0.39, 0.29) is 17.6 Å². The molecular formula is C20H16N2O2S. The number of nitriles is 1. The molecule has 1 aliphatic heterocycles. The summed E-state index contributed by atoms with van der Waals surface area (Å²) in [5, 5.41) is 13.4. The number of ketones is 1. The van der Waals surface area contributed by atoms with E-state index in [1.807, 2.05) is 47.2 Å². The highest BCUT2D eigenvalue weighted by Gasteiger charge is 2.40. The maximum Gasteiger partial charge on any atom is 0.205 e. The number of ether oxygens (including phenoxy) is 1. The summed E-state index contributed by atoms with van der Waals surface area (Å²) in [4.78, 5) is 13.0. The van der Waals surface area contributed by atoms with E-state index in [0.29, 0.717) is 29.7 Å². The zero-order valence-electron chi connectivity index (χ0n) is 13.4. The van der Waals surface area contributed by atoms with Crippen LogP contribution in [0, 0.1) is 11.3 Å². The molecule has 2 aromatic rings. The van der Waals surface area contributed by atoms with Gasteiger partial charge in [-0.05, 0) is 33.9 Å². The molecular weight excluding hydrogens is 332 g/mol. The van der Waals surface area contributed by atoms with Crippen LogP contribution in [0.2, 0.25) is 0 Å². The van der Waals surface area contributed by atoms with E-state index < -0.39 is 5.92 Å². The highest BCUT2D eigenvalue weighted by molar-refractivity contribution is 7.08. The standard InChI is InChI=1S/C20H16N2O2S/c21-10-15-18(13-6-7-25-11-13)19-16(23)8-14(9-17(19)24-20(15)22)12-4-2-1-3-5-12/h1-7,11,14,18H,8-9,22H2. The quantitative estimate of drug-likeness (QED) is 0.891. The fourth-order valence-electron chi connectivity index (χ4n) is 3.64. The third kappa shape index (κ3) is 2.65. The lowest BCUT2D eigenvalue weighted by Gasteiger charge is -2.33. The molecule has 124 valence electrons. The van der Waals surface area contributed by atoms with Gasteiger partial charge in [-0.15, -0.1) is 0 Å². The minimum Gasteiger partial charge on any atom is -0.444 e. The summed E-state index contributed by atoms with van der Waals surface area (Å²) in [6, 6.07) is 14.0. The molecule has 1 aliphatic carbocycles. The highest BCUT2D eigenvalue weighted by atomic mass is 32.1. The van der Waals surface area contributed by atoms with Crippen molar-refractivity contribution < 1.29 is 9.53 Å². The molecule has 25 heavy (non-hydrogen) atoms. The number of benzene rings is 1. The Labute approximate surface area is 149 Å². The fourth-order valence-corrected chi connectivity index (χ4v) is 4.33. The van der Waals surface area contributed by atoms with E-state index in [1.54, 1.807) is 0 Å². The number of nitrogens with zero attached hydrogens (tertiary/aromatic N) is 1. The Balaban J connectivity index is 1.78. The minimum absolute atomic E-state index is 0.0338. The maximum absolute atomic E-state index is 13.0. The number of nitrogens with two attached hydrogens (primary N) is 1. The zero-order valence-corrected chi connectivity index (χ0v) is 14.3. The van der Waals surface area contributed by atoms with Gasteiger partial charge in [0.2, 0.25) is 5.88 Å². The Hall–Kier alpha value is -2.84. The van der Waals surface area contributed by atoms with Crippen LogP contribution in [0.1, 0.15) is 35.8 Å². The van der Waals surface area contributed by atoms with Crippen LogP contribution in [0.4, 0.5) is 0 Å². The number of hydrogen-bond donors (Lipinski definition) is 1. The number of rotatable bonds is 2. The number of Topliss-reactive ketones (excluding diaryl/α,β-unsaturated/α-hetero) is 1. The van der Waals surface area contributed by atoms with Crippen molar-refractivity contribution in [2.75, 3.05) is 0 Å². The van der Waals surface area contributed by atoms with Crippen LogP contribution < -0.4 is 5.73 Å². The van der Waals surface area contributed by atoms with Gasteiger partial charge in [0.15, 0.2) is 5.78 Å². The molecule has 2 heterocycles. The second kappa shape index (κ2) is 6.23. The number of thiophene rings is 1. The summed E-state index contributed by atoms with van der Waals surface area (Å²) >= 11 is 1.54. The minimum atomic E-state index is -0.413. The average Bonchev–Trinajstić information content (AvgIpc) is 3.15. The van der Waals surface area contributed by atoms with Crippen molar-refractivity contribution in [3.05, 3.63) is 81.1 Å². The molecule has 5 heteroatoms. The predicted octanol–water partition coefficient (Wildman–Crippen LogP) is 3.96. The van der Waals surface area contributed by atoms with Gasteiger partial charge in [0, 0.05) is 18.4 Å². The van der Waals surface area contributed by atoms with Gasteiger partial charge < -0.3 is 10.5 Å².